The van der Waals surface area contributed by atoms with Crippen LogP contribution in [0, 0.1) is 5.82 Å². The summed E-state index contributed by atoms with van der Waals surface area (Å²) in [4.78, 5) is 24.8. The topological polar surface area (TPSA) is 52.7 Å². The van der Waals surface area contributed by atoms with Crippen molar-refractivity contribution in [2.24, 2.45) is 0 Å². The second-order valence-corrected chi connectivity index (χ2v) is 4.83. The molecule has 108 valence electrons. The van der Waals surface area contributed by atoms with Gasteiger partial charge < -0.3 is 4.90 Å². The molecule has 2 rings (SSSR count). The van der Waals surface area contributed by atoms with Crippen LogP contribution in [0.15, 0.2) is 24.3 Å². The van der Waals surface area contributed by atoms with Gasteiger partial charge in [0.05, 0.1) is 6.42 Å². The standard InChI is InChI=1S/C14H18FN3O2/c1-11(19)17-6-8-18(9-7-17)16-14(20)10-12-2-4-13(15)5-3-12/h2-5H,6-10H2,1H3,(H,16,20). The molecular weight excluding hydrogens is 261 g/mol. The van der Waals surface area contributed by atoms with Crippen molar-refractivity contribution < 1.29 is 14.0 Å². The lowest BCUT2D eigenvalue weighted by atomic mass is 10.1. The Kier molecular flexibility index (Phi) is 4.68. The van der Waals surface area contributed by atoms with Crippen LogP contribution in [0.2, 0.25) is 0 Å². The predicted octanol–water partition coefficient (Wildman–Crippen LogP) is 0.564. The number of carbonyl (C=O) groups is 2. The highest BCUT2D eigenvalue weighted by Gasteiger charge is 2.19. The number of nitrogens with zero attached hydrogens (tertiary/aromatic N) is 2. The third kappa shape index (κ3) is 4.03. The van der Waals surface area contributed by atoms with Gasteiger partial charge in [-0.05, 0) is 17.7 Å². The highest BCUT2D eigenvalue weighted by Crippen LogP contribution is 2.04. The highest BCUT2D eigenvalue weighted by molar-refractivity contribution is 5.78. The number of hydrazine groups is 1. The number of amides is 2. The van der Waals surface area contributed by atoms with Crippen LogP contribution in [-0.2, 0) is 16.0 Å². The van der Waals surface area contributed by atoms with E-state index in [9.17, 15) is 14.0 Å². The van der Waals surface area contributed by atoms with Crippen molar-refractivity contribution in [1.82, 2.24) is 15.3 Å². The quantitative estimate of drug-likeness (QED) is 0.880. The number of halogens is 1. The van der Waals surface area contributed by atoms with E-state index in [1.165, 1.54) is 12.1 Å². The Hall–Kier alpha value is -1.95. The molecule has 20 heavy (non-hydrogen) atoms. The van der Waals surface area contributed by atoms with Crippen LogP contribution in [0.3, 0.4) is 0 Å². The van der Waals surface area contributed by atoms with Crippen LogP contribution in [0.1, 0.15) is 12.5 Å². The van der Waals surface area contributed by atoms with Crippen LogP contribution in [-0.4, -0.2) is 47.9 Å². The maximum absolute atomic E-state index is 12.8. The minimum Gasteiger partial charge on any atom is -0.340 e. The summed E-state index contributed by atoms with van der Waals surface area (Å²) in [7, 11) is 0. The summed E-state index contributed by atoms with van der Waals surface area (Å²) in [6.45, 7) is 4.02. The molecule has 5 nitrogen and oxygen atoms in total. The summed E-state index contributed by atoms with van der Waals surface area (Å²) in [5, 5.41) is 1.81. The van der Waals surface area contributed by atoms with Crippen LogP contribution in [0.25, 0.3) is 0 Å². The molecule has 0 atom stereocenters. The van der Waals surface area contributed by atoms with Crippen molar-refractivity contribution in [2.75, 3.05) is 26.2 Å². The van der Waals surface area contributed by atoms with Gasteiger partial charge in [-0.1, -0.05) is 12.1 Å². The molecule has 6 heteroatoms. The number of hydrogen-bond donors (Lipinski definition) is 1. The molecule has 0 unspecified atom stereocenters. The first-order valence-electron chi connectivity index (χ1n) is 6.59. The number of rotatable bonds is 3. The van der Waals surface area contributed by atoms with Crippen molar-refractivity contribution in [3.8, 4) is 0 Å². The van der Waals surface area contributed by atoms with Crippen LogP contribution in [0.4, 0.5) is 4.39 Å². The van der Waals surface area contributed by atoms with Gasteiger partial charge in [0.15, 0.2) is 0 Å². The first kappa shape index (κ1) is 14.5. The Bertz CT molecular complexity index is 482. The minimum absolute atomic E-state index is 0.0577. The highest BCUT2D eigenvalue weighted by atomic mass is 19.1. The first-order chi connectivity index (χ1) is 9.54. The lowest BCUT2D eigenvalue weighted by Gasteiger charge is -2.34. The number of nitrogens with one attached hydrogen (secondary N) is 1. The van der Waals surface area contributed by atoms with E-state index in [2.05, 4.69) is 5.43 Å². The SMILES string of the molecule is CC(=O)N1CCN(NC(=O)Cc2ccc(F)cc2)CC1. The lowest BCUT2D eigenvalue weighted by molar-refractivity contribution is -0.132. The third-order valence-electron chi connectivity index (χ3n) is 3.29. The average Bonchev–Trinajstić information content (AvgIpc) is 2.42. The van der Waals surface area contributed by atoms with Gasteiger partial charge in [-0.25, -0.2) is 9.40 Å². The fraction of sp³-hybridized carbons (Fsp3) is 0.429. The first-order valence-corrected chi connectivity index (χ1v) is 6.59. The Balaban J connectivity index is 1.78. The smallest absolute Gasteiger partial charge is 0.238 e. The summed E-state index contributed by atoms with van der Waals surface area (Å²) in [5.74, 6) is -0.385. The van der Waals surface area contributed by atoms with Gasteiger partial charge >= 0.3 is 0 Å². The molecule has 1 heterocycles. The summed E-state index contributed by atoms with van der Waals surface area (Å²) >= 11 is 0. The fourth-order valence-corrected chi connectivity index (χ4v) is 2.14. The molecule has 2 amide bonds. The van der Waals surface area contributed by atoms with E-state index in [1.54, 1.807) is 24.0 Å². The normalized spacial score (nSPS) is 16.0. The van der Waals surface area contributed by atoms with Crippen LogP contribution in [0.5, 0.6) is 0 Å². The lowest BCUT2D eigenvalue weighted by Crippen LogP contribution is -2.54. The van der Waals surface area contributed by atoms with Gasteiger partial charge in [-0.2, -0.15) is 0 Å². The summed E-state index contributed by atoms with van der Waals surface area (Å²) in [6, 6.07) is 5.88. The molecule has 1 saturated heterocycles. The average molecular weight is 279 g/mol. The number of carbonyl (C=O) groups excluding carboxylic acids is 2. The van der Waals surface area contributed by atoms with E-state index < -0.39 is 0 Å². The maximum atomic E-state index is 12.8. The number of benzene rings is 1. The van der Waals surface area contributed by atoms with Gasteiger partial charge in [0, 0.05) is 33.1 Å². The van der Waals surface area contributed by atoms with Gasteiger partial charge in [0.1, 0.15) is 5.82 Å². The number of hydrogen-bond acceptors (Lipinski definition) is 3. The zero-order valence-corrected chi connectivity index (χ0v) is 11.4. The van der Waals surface area contributed by atoms with Crippen LogP contribution >= 0.6 is 0 Å². The molecule has 0 spiro atoms. The van der Waals surface area contributed by atoms with Crippen molar-refractivity contribution in [3.63, 3.8) is 0 Å². The molecule has 1 N–H and O–H groups in total. The molecule has 1 aliphatic heterocycles. The molecule has 1 aromatic rings. The van der Waals surface area contributed by atoms with E-state index in [1.807, 2.05) is 5.01 Å². The van der Waals surface area contributed by atoms with Crippen LogP contribution < -0.4 is 5.43 Å². The zero-order chi connectivity index (χ0) is 14.5. The Labute approximate surface area is 117 Å². The molecule has 1 fully saturated rings. The maximum Gasteiger partial charge on any atom is 0.238 e. The molecule has 1 aromatic carbocycles. The molecule has 0 aromatic heterocycles. The van der Waals surface area contributed by atoms with E-state index in [-0.39, 0.29) is 24.1 Å². The van der Waals surface area contributed by atoms with Crippen molar-refractivity contribution >= 4 is 11.8 Å². The Morgan fingerprint density at radius 1 is 1.15 bits per heavy atom. The molecule has 0 bridgehead atoms. The van der Waals surface area contributed by atoms with Gasteiger partial charge in [-0.15, -0.1) is 0 Å². The van der Waals surface area contributed by atoms with E-state index in [4.69, 9.17) is 0 Å². The minimum atomic E-state index is -0.311. The largest absolute Gasteiger partial charge is 0.340 e. The van der Waals surface area contributed by atoms with Gasteiger partial charge in [0.2, 0.25) is 11.8 Å². The second-order valence-electron chi connectivity index (χ2n) is 4.83. The summed E-state index contributed by atoms with van der Waals surface area (Å²) in [6.07, 6.45) is 0.215. The fourth-order valence-electron chi connectivity index (χ4n) is 2.14. The Morgan fingerprint density at radius 2 is 1.75 bits per heavy atom. The summed E-state index contributed by atoms with van der Waals surface area (Å²) in [5.41, 5.74) is 3.57. The van der Waals surface area contributed by atoms with Crippen molar-refractivity contribution in [2.45, 2.75) is 13.3 Å². The molecule has 0 aliphatic carbocycles. The molecule has 0 radical (unpaired) electrons. The molecule has 0 saturated carbocycles. The van der Waals surface area contributed by atoms with E-state index in [0.29, 0.717) is 26.2 Å². The van der Waals surface area contributed by atoms with Gasteiger partial charge in [-0.3, -0.25) is 15.0 Å². The van der Waals surface area contributed by atoms with Crippen molar-refractivity contribution in [3.05, 3.63) is 35.6 Å². The van der Waals surface area contributed by atoms with E-state index >= 15 is 0 Å². The molecule has 1 aliphatic rings. The second kappa shape index (κ2) is 6.47. The number of piperazine rings is 1. The monoisotopic (exact) mass is 279 g/mol. The summed E-state index contributed by atoms with van der Waals surface area (Å²) < 4.78 is 12.8. The molecular formula is C14H18FN3O2. The third-order valence-corrected chi connectivity index (χ3v) is 3.29. The predicted molar refractivity (Wildman–Crippen MR) is 72.1 cm³/mol. The van der Waals surface area contributed by atoms with Gasteiger partial charge in [0.25, 0.3) is 0 Å². The van der Waals surface area contributed by atoms with Crippen molar-refractivity contribution in [1.29, 1.82) is 0 Å². The zero-order valence-electron chi connectivity index (χ0n) is 11.4. The Morgan fingerprint density at radius 3 is 2.30 bits per heavy atom. The van der Waals surface area contributed by atoms with E-state index in [0.717, 1.165) is 5.56 Å².